The van der Waals surface area contributed by atoms with Gasteiger partial charge in [0, 0.05) is 12.8 Å². The fourth-order valence-electron chi connectivity index (χ4n) is 6.62. The predicted octanol–water partition coefficient (Wildman–Crippen LogP) is 13.8. The molecule has 0 aliphatic rings. The molecule has 2 unspecified atom stereocenters. The lowest BCUT2D eigenvalue weighted by molar-refractivity contribution is -1.04. The molecular formula is C44H89NO8P+. The molecular weight excluding hydrogens is 701 g/mol. The number of unbranched alkanes of at least 4 members (excludes halogenated alkanes) is 28. The van der Waals surface area contributed by atoms with E-state index in [0.717, 1.165) is 38.5 Å². The minimum Gasteiger partial charge on any atom is -0.462 e. The molecule has 0 aliphatic carbocycles. The molecule has 0 aromatic heterocycles. The first kappa shape index (κ1) is 53.0. The van der Waals surface area contributed by atoms with E-state index in [0.29, 0.717) is 6.42 Å². The van der Waals surface area contributed by atoms with E-state index in [1.807, 2.05) is 0 Å². The number of ether oxygens (including phenoxy) is 2. The summed E-state index contributed by atoms with van der Waals surface area (Å²) in [6, 6.07) is 0. The zero-order chi connectivity index (χ0) is 40.0. The number of esters is 2. The van der Waals surface area contributed by atoms with Crippen LogP contribution in [0.25, 0.3) is 0 Å². The quantitative estimate of drug-likeness (QED) is 0.0198. The minimum absolute atomic E-state index is 0.102. The molecule has 0 saturated heterocycles. The first-order chi connectivity index (χ1) is 26.0. The Balaban J connectivity index is 4.38. The molecule has 10 heteroatoms. The van der Waals surface area contributed by atoms with Crippen molar-refractivity contribution in [2.75, 3.05) is 41.0 Å². The highest BCUT2D eigenvalue weighted by molar-refractivity contribution is 7.48. The molecule has 2 atom stereocenters. The first-order valence-electron chi connectivity index (χ1n) is 22.8. The molecule has 0 heterocycles. The smallest absolute Gasteiger partial charge is 0.462 e. The van der Waals surface area contributed by atoms with Crippen molar-refractivity contribution >= 4 is 19.8 Å². The SMILES string of the molecule is CCCCCCCCCCCCCCCCCC(=O)OCC(COP(=O)(OCC)O[N+](C)(C)C)OC(=O)CCCCCCCCCCCCCCCCC. The molecule has 9 nitrogen and oxygen atoms in total. The molecule has 322 valence electrons. The van der Waals surface area contributed by atoms with Crippen molar-refractivity contribution in [3.63, 3.8) is 0 Å². The van der Waals surface area contributed by atoms with Crippen LogP contribution >= 0.6 is 7.82 Å². The Labute approximate surface area is 334 Å². The van der Waals surface area contributed by atoms with Gasteiger partial charge in [0.2, 0.25) is 0 Å². The van der Waals surface area contributed by atoms with Crippen molar-refractivity contribution in [1.29, 1.82) is 0 Å². The first-order valence-corrected chi connectivity index (χ1v) is 24.3. The number of rotatable bonds is 42. The van der Waals surface area contributed by atoms with Gasteiger partial charge in [-0.15, -0.1) is 0 Å². The Morgan fingerprint density at radius 2 is 0.796 bits per heavy atom. The lowest BCUT2D eigenvalue weighted by Gasteiger charge is -2.26. The Morgan fingerprint density at radius 3 is 1.13 bits per heavy atom. The van der Waals surface area contributed by atoms with E-state index in [4.69, 9.17) is 23.1 Å². The fraction of sp³-hybridized carbons (Fsp3) is 0.955. The summed E-state index contributed by atoms with van der Waals surface area (Å²) >= 11 is 0. The molecule has 0 bridgehead atoms. The van der Waals surface area contributed by atoms with Crippen LogP contribution in [-0.4, -0.2) is 63.7 Å². The van der Waals surface area contributed by atoms with E-state index >= 15 is 0 Å². The van der Waals surface area contributed by atoms with Crippen LogP contribution in [0.5, 0.6) is 0 Å². The average Bonchev–Trinajstić information content (AvgIpc) is 3.12. The normalized spacial score (nSPS) is 13.5. The summed E-state index contributed by atoms with van der Waals surface area (Å²) in [4.78, 5) is 25.4. The second kappa shape index (κ2) is 37.6. The summed E-state index contributed by atoms with van der Waals surface area (Å²) in [5.74, 6) is -0.709. The zero-order valence-electron chi connectivity index (χ0n) is 36.5. The average molecular weight is 791 g/mol. The third-order valence-electron chi connectivity index (χ3n) is 9.75. The van der Waals surface area contributed by atoms with E-state index < -0.39 is 13.9 Å². The van der Waals surface area contributed by atoms with E-state index in [1.165, 1.54) is 154 Å². The van der Waals surface area contributed by atoms with Crippen LogP contribution in [0.1, 0.15) is 226 Å². The lowest BCUT2D eigenvalue weighted by atomic mass is 10.0. The number of nitrogens with zero attached hydrogens (tertiary/aromatic N) is 1. The van der Waals surface area contributed by atoms with Crippen molar-refractivity contribution < 1.29 is 41.9 Å². The number of phosphoric ester groups is 1. The van der Waals surface area contributed by atoms with E-state index in [-0.39, 0.29) is 42.8 Å². The highest BCUT2D eigenvalue weighted by atomic mass is 31.2. The molecule has 0 fully saturated rings. The highest BCUT2D eigenvalue weighted by Gasteiger charge is 2.36. The van der Waals surface area contributed by atoms with Crippen molar-refractivity contribution in [1.82, 2.24) is 0 Å². The summed E-state index contributed by atoms with van der Waals surface area (Å²) < 4.78 is 40.8. The van der Waals surface area contributed by atoms with Gasteiger partial charge >= 0.3 is 19.8 Å². The number of phosphoric acid groups is 1. The number of carbonyl (C=O) groups is 2. The van der Waals surface area contributed by atoms with Crippen LogP contribution < -0.4 is 0 Å². The van der Waals surface area contributed by atoms with Gasteiger partial charge in [0.05, 0.1) is 34.4 Å². The standard InChI is InChI=1S/C44H89NO8P/c1-7-10-12-14-16-18-20-22-24-26-28-30-32-34-36-38-43(46)49-40-42(41-51-54(48,50-9-3)53-45(4,5)6)52-44(47)39-37-35-33-31-29-27-25-23-21-19-17-15-13-11-8-2/h42H,7-41H2,1-6H3/q+1. The van der Waals surface area contributed by atoms with Crippen LogP contribution in [0, 0.1) is 0 Å². The Bertz CT molecular complexity index is 896. The molecule has 0 N–H and O–H groups in total. The number of carbonyl (C=O) groups excluding carboxylic acids is 2. The number of hydroxylamine groups is 3. The molecule has 0 aromatic carbocycles. The fourth-order valence-corrected chi connectivity index (χ4v) is 8.05. The second-order valence-electron chi connectivity index (χ2n) is 16.3. The molecule has 0 rings (SSSR count). The molecule has 0 aromatic rings. The summed E-state index contributed by atoms with van der Waals surface area (Å²) in [5, 5.41) is 0. The van der Waals surface area contributed by atoms with Crippen LogP contribution in [0.4, 0.5) is 0 Å². The highest BCUT2D eigenvalue weighted by Crippen LogP contribution is 2.51. The van der Waals surface area contributed by atoms with Crippen LogP contribution in [0.2, 0.25) is 0 Å². The second-order valence-corrected chi connectivity index (χ2v) is 17.9. The van der Waals surface area contributed by atoms with Gasteiger partial charge in [0.1, 0.15) is 6.61 Å². The van der Waals surface area contributed by atoms with Crippen molar-refractivity contribution in [2.24, 2.45) is 0 Å². The molecule has 0 aliphatic heterocycles. The van der Waals surface area contributed by atoms with Crippen molar-refractivity contribution in [2.45, 2.75) is 232 Å². The van der Waals surface area contributed by atoms with Gasteiger partial charge in [-0.25, -0.2) is 4.57 Å². The molecule has 0 amide bonds. The van der Waals surface area contributed by atoms with E-state index in [9.17, 15) is 14.2 Å². The third kappa shape index (κ3) is 37.9. The largest absolute Gasteiger partial charge is 0.521 e. The molecule has 0 saturated carbocycles. The summed E-state index contributed by atoms with van der Waals surface area (Å²) in [6.45, 7) is 5.91. The van der Waals surface area contributed by atoms with E-state index in [1.54, 1.807) is 28.1 Å². The summed E-state index contributed by atoms with van der Waals surface area (Å²) in [6.07, 6.45) is 37.5. The maximum atomic E-state index is 13.2. The lowest BCUT2D eigenvalue weighted by Crippen LogP contribution is -2.35. The summed E-state index contributed by atoms with van der Waals surface area (Å²) in [7, 11) is 1.15. The molecule has 0 spiro atoms. The minimum atomic E-state index is -3.95. The zero-order valence-corrected chi connectivity index (χ0v) is 37.4. The third-order valence-corrected chi connectivity index (χ3v) is 11.5. The van der Waals surface area contributed by atoms with Gasteiger partial charge in [-0.3, -0.25) is 18.6 Å². The van der Waals surface area contributed by atoms with E-state index in [2.05, 4.69) is 13.8 Å². The molecule has 54 heavy (non-hydrogen) atoms. The van der Waals surface area contributed by atoms with Gasteiger partial charge in [-0.05, 0) is 19.8 Å². The monoisotopic (exact) mass is 791 g/mol. The topological polar surface area (TPSA) is 97.4 Å². The van der Waals surface area contributed by atoms with Crippen LogP contribution in [0.3, 0.4) is 0 Å². The number of quaternary nitrogens is 1. The Kier molecular flexibility index (Phi) is 36.9. The Hall–Kier alpha value is -0.990. The molecule has 0 radical (unpaired) electrons. The van der Waals surface area contributed by atoms with Gasteiger partial charge in [-0.1, -0.05) is 198 Å². The van der Waals surface area contributed by atoms with Gasteiger partial charge in [0.25, 0.3) is 0 Å². The van der Waals surface area contributed by atoms with Crippen LogP contribution in [-0.2, 0) is 37.3 Å². The van der Waals surface area contributed by atoms with Crippen molar-refractivity contribution in [3.05, 3.63) is 0 Å². The van der Waals surface area contributed by atoms with Crippen molar-refractivity contribution in [3.8, 4) is 0 Å². The van der Waals surface area contributed by atoms with Gasteiger partial charge in [-0.2, -0.15) is 4.65 Å². The maximum absolute atomic E-state index is 13.2. The predicted molar refractivity (Wildman–Crippen MR) is 224 cm³/mol. The number of hydrogen-bond acceptors (Lipinski definition) is 8. The summed E-state index contributed by atoms with van der Waals surface area (Å²) in [5.41, 5.74) is 0. The maximum Gasteiger partial charge on any atom is 0.521 e. The van der Waals surface area contributed by atoms with Crippen LogP contribution in [0.15, 0.2) is 0 Å². The van der Waals surface area contributed by atoms with Gasteiger partial charge in [0.15, 0.2) is 6.10 Å². The van der Waals surface area contributed by atoms with Gasteiger partial charge < -0.3 is 9.47 Å². The number of hydrogen-bond donors (Lipinski definition) is 0. The Morgan fingerprint density at radius 1 is 0.463 bits per heavy atom.